The van der Waals surface area contributed by atoms with Gasteiger partial charge in [-0.1, -0.05) is 0 Å². The van der Waals surface area contributed by atoms with E-state index >= 15 is 0 Å². The molecule has 0 radical (unpaired) electrons. The Morgan fingerprint density at radius 2 is 2.43 bits per heavy atom. The fourth-order valence-corrected chi connectivity index (χ4v) is 3.07. The minimum absolute atomic E-state index is 0.0121. The molecule has 7 nitrogen and oxygen atoms in total. The van der Waals surface area contributed by atoms with Crippen molar-refractivity contribution in [3.05, 3.63) is 23.7 Å². The molecule has 1 aliphatic rings. The third-order valence-electron chi connectivity index (χ3n) is 4.32. The molecule has 0 spiro atoms. The van der Waals surface area contributed by atoms with Crippen LogP contribution in [0.25, 0.3) is 11.3 Å². The molecule has 124 valence electrons. The normalized spacial score (nSPS) is 17.0. The smallest absolute Gasteiger partial charge is 0.223 e. The largest absolute Gasteiger partial charge is 0.385 e. The number of aryl methyl sites for hydroxylation is 2. The molecule has 0 saturated heterocycles. The fourth-order valence-electron chi connectivity index (χ4n) is 3.07. The molecule has 1 unspecified atom stereocenters. The molecule has 0 fully saturated rings. The van der Waals surface area contributed by atoms with Gasteiger partial charge >= 0.3 is 0 Å². The van der Waals surface area contributed by atoms with Crippen LogP contribution in [0, 0.1) is 5.92 Å². The Kier molecular flexibility index (Phi) is 4.76. The van der Waals surface area contributed by atoms with Crippen LogP contribution in [0.15, 0.2) is 12.4 Å². The predicted molar refractivity (Wildman–Crippen MR) is 85.8 cm³/mol. The number of carbonyl (C=O) groups is 1. The molecule has 0 aromatic carbocycles. The number of amides is 1. The minimum Gasteiger partial charge on any atom is -0.385 e. The van der Waals surface area contributed by atoms with Crippen molar-refractivity contribution in [3.8, 4) is 11.3 Å². The number of aromatic amines is 1. The molecular formula is C16H23N5O2. The van der Waals surface area contributed by atoms with E-state index in [1.165, 1.54) is 0 Å². The first kappa shape index (κ1) is 15.7. The van der Waals surface area contributed by atoms with E-state index in [1.807, 2.05) is 19.4 Å². The number of rotatable bonds is 6. The Morgan fingerprint density at radius 1 is 1.57 bits per heavy atom. The highest BCUT2D eigenvalue weighted by Gasteiger charge is 2.28. The summed E-state index contributed by atoms with van der Waals surface area (Å²) >= 11 is 0. The summed E-state index contributed by atoms with van der Waals surface area (Å²) in [6.45, 7) is 1.33. The Bertz CT molecular complexity index is 676. The van der Waals surface area contributed by atoms with Crippen LogP contribution >= 0.6 is 0 Å². The molecule has 3 rings (SSSR count). The van der Waals surface area contributed by atoms with Crippen LogP contribution in [-0.2, 0) is 29.4 Å². The van der Waals surface area contributed by atoms with E-state index in [0.717, 1.165) is 48.2 Å². The summed E-state index contributed by atoms with van der Waals surface area (Å²) in [5, 5.41) is 14.8. The van der Waals surface area contributed by atoms with Crippen molar-refractivity contribution in [3.63, 3.8) is 0 Å². The highest BCUT2D eigenvalue weighted by Crippen LogP contribution is 2.31. The molecule has 0 saturated carbocycles. The van der Waals surface area contributed by atoms with Gasteiger partial charge in [0, 0.05) is 56.2 Å². The van der Waals surface area contributed by atoms with Gasteiger partial charge in [0.25, 0.3) is 0 Å². The van der Waals surface area contributed by atoms with Crippen molar-refractivity contribution in [2.24, 2.45) is 13.0 Å². The van der Waals surface area contributed by atoms with Crippen molar-refractivity contribution in [1.29, 1.82) is 0 Å². The monoisotopic (exact) mass is 317 g/mol. The van der Waals surface area contributed by atoms with Gasteiger partial charge in [-0.15, -0.1) is 0 Å². The summed E-state index contributed by atoms with van der Waals surface area (Å²) in [5.74, 6) is 0.142. The van der Waals surface area contributed by atoms with Gasteiger partial charge in [0.05, 0.1) is 11.9 Å². The minimum atomic E-state index is 0.0121. The molecule has 2 aromatic heterocycles. The van der Waals surface area contributed by atoms with Gasteiger partial charge < -0.3 is 10.1 Å². The first-order valence-corrected chi connectivity index (χ1v) is 8.01. The number of hydrogen-bond donors (Lipinski definition) is 2. The topological polar surface area (TPSA) is 84.8 Å². The second-order valence-electron chi connectivity index (χ2n) is 6.01. The zero-order chi connectivity index (χ0) is 16.2. The van der Waals surface area contributed by atoms with Crippen molar-refractivity contribution < 1.29 is 9.53 Å². The third-order valence-corrected chi connectivity index (χ3v) is 4.32. The van der Waals surface area contributed by atoms with Crippen LogP contribution in [0.1, 0.15) is 24.1 Å². The van der Waals surface area contributed by atoms with Gasteiger partial charge in [0.15, 0.2) is 0 Å². The van der Waals surface area contributed by atoms with Crippen molar-refractivity contribution in [2.75, 3.05) is 20.3 Å². The van der Waals surface area contributed by atoms with Gasteiger partial charge in [0.2, 0.25) is 5.91 Å². The highest BCUT2D eigenvalue weighted by atomic mass is 16.5. The summed E-state index contributed by atoms with van der Waals surface area (Å²) in [7, 11) is 3.56. The van der Waals surface area contributed by atoms with E-state index in [1.54, 1.807) is 11.8 Å². The Balaban J connectivity index is 1.68. The first-order valence-electron chi connectivity index (χ1n) is 8.01. The van der Waals surface area contributed by atoms with E-state index in [2.05, 4.69) is 20.6 Å². The van der Waals surface area contributed by atoms with Gasteiger partial charge in [-0.3, -0.25) is 14.6 Å². The zero-order valence-corrected chi connectivity index (χ0v) is 13.6. The number of H-pyrrole nitrogens is 1. The quantitative estimate of drug-likeness (QED) is 0.781. The average molecular weight is 317 g/mol. The van der Waals surface area contributed by atoms with Gasteiger partial charge in [0.1, 0.15) is 0 Å². The number of fused-ring (bicyclic) bond motifs is 1. The average Bonchev–Trinajstić information content (AvgIpc) is 3.16. The maximum Gasteiger partial charge on any atom is 0.223 e. The van der Waals surface area contributed by atoms with Crippen LogP contribution in [0.5, 0.6) is 0 Å². The van der Waals surface area contributed by atoms with Crippen molar-refractivity contribution >= 4 is 5.91 Å². The molecule has 1 amide bonds. The Hall–Kier alpha value is -2.15. The number of aromatic nitrogens is 4. The molecule has 2 heterocycles. The lowest BCUT2D eigenvalue weighted by Gasteiger charge is -2.21. The number of methoxy groups -OCH3 is 1. The Labute approximate surface area is 135 Å². The Morgan fingerprint density at radius 3 is 3.17 bits per heavy atom. The second-order valence-corrected chi connectivity index (χ2v) is 6.01. The number of ether oxygens (including phenoxy) is 1. The van der Waals surface area contributed by atoms with Crippen molar-refractivity contribution in [2.45, 2.75) is 25.7 Å². The van der Waals surface area contributed by atoms with Gasteiger partial charge in [-0.05, 0) is 25.7 Å². The zero-order valence-electron chi connectivity index (χ0n) is 13.6. The highest BCUT2D eigenvalue weighted by molar-refractivity contribution is 5.80. The molecule has 2 aromatic rings. The molecule has 1 aliphatic carbocycles. The standard InChI is InChI=1S/C16H23N5O2/c1-21-10-12(9-18-21)15-13-8-11(4-5-14(13)19-20-15)16(22)17-6-3-7-23-2/h9-11H,3-8H2,1-2H3,(H,17,22)(H,19,20). The number of carbonyl (C=O) groups excluding carboxylic acids is 1. The number of nitrogens with one attached hydrogen (secondary N) is 2. The first-order chi connectivity index (χ1) is 11.2. The third kappa shape index (κ3) is 3.44. The lowest BCUT2D eigenvalue weighted by atomic mass is 9.85. The van der Waals surface area contributed by atoms with E-state index in [-0.39, 0.29) is 11.8 Å². The van der Waals surface area contributed by atoms with E-state index in [0.29, 0.717) is 13.2 Å². The summed E-state index contributed by atoms with van der Waals surface area (Å²) < 4.78 is 6.76. The maximum absolute atomic E-state index is 12.3. The molecule has 1 atom stereocenters. The lowest BCUT2D eigenvalue weighted by Crippen LogP contribution is -2.34. The maximum atomic E-state index is 12.3. The van der Waals surface area contributed by atoms with Crippen LogP contribution < -0.4 is 5.32 Å². The van der Waals surface area contributed by atoms with E-state index < -0.39 is 0 Å². The summed E-state index contributed by atoms with van der Waals surface area (Å²) in [6.07, 6.45) is 7.05. The summed E-state index contributed by atoms with van der Waals surface area (Å²) in [5.41, 5.74) is 4.21. The SMILES string of the molecule is COCCCNC(=O)C1CCc2[nH]nc(-c3cnn(C)c3)c2C1. The van der Waals surface area contributed by atoms with E-state index in [9.17, 15) is 4.79 Å². The van der Waals surface area contributed by atoms with Gasteiger partial charge in [-0.2, -0.15) is 10.2 Å². The second kappa shape index (κ2) is 6.95. The molecule has 23 heavy (non-hydrogen) atoms. The van der Waals surface area contributed by atoms with Crippen LogP contribution in [0.4, 0.5) is 0 Å². The fraction of sp³-hybridized carbons (Fsp3) is 0.562. The molecule has 7 heteroatoms. The summed E-state index contributed by atoms with van der Waals surface area (Å²) in [4.78, 5) is 12.3. The number of nitrogens with zero attached hydrogens (tertiary/aromatic N) is 3. The predicted octanol–water partition coefficient (Wildman–Crippen LogP) is 1.07. The summed E-state index contributed by atoms with van der Waals surface area (Å²) in [6, 6.07) is 0. The van der Waals surface area contributed by atoms with Crippen LogP contribution in [0.3, 0.4) is 0 Å². The van der Waals surface area contributed by atoms with E-state index in [4.69, 9.17) is 4.74 Å². The number of hydrogen-bond acceptors (Lipinski definition) is 4. The molecular weight excluding hydrogens is 294 g/mol. The van der Waals surface area contributed by atoms with Crippen LogP contribution in [0.2, 0.25) is 0 Å². The molecule has 2 N–H and O–H groups in total. The molecule has 0 aliphatic heterocycles. The van der Waals surface area contributed by atoms with Gasteiger partial charge in [-0.25, -0.2) is 0 Å². The van der Waals surface area contributed by atoms with Crippen LogP contribution in [-0.4, -0.2) is 46.1 Å². The lowest BCUT2D eigenvalue weighted by molar-refractivity contribution is -0.125. The van der Waals surface area contributed by atoms with Crippen molar-refractivity contribution in [1.82, 2.24) is 25.3 Å². The molecule has 0 bridgehead atoms.